The second-order valence-corrected chi connectivity index (χ2v) is 6.74. The summed E-state index contributed by atoms with van der Waals surface area (Å²) in [6.07, 6.45) is -5.90. The summed E-state index contributed by atoms with van der Waals surface area (Å²) in [6, 6.07) is 3.52. The fourth-order valence-corrected chi connectivity index (χ4v) is 2.68. The molecule has 14 heteroatoms. The molecule has 1 amide bonds. The standard InChI is InChI=1S/C16H23NO13/c18-10(15(25,26)16(27,28)12(20)21)5-29-9-3-7(1-2-8(9)30-13(22)23)14(24)4-11(19)17-6-14/h1-3,10,12-13,18,20-28H,4-6H2,(H,17,19). The van der Waals surface area contributed by atoms with Crippen molar-refractivity contribution in [2.45, 2.75) is 42.5 Å². The molecule has 14 nitrogen and oxygen atoms in total. The van der Waals surface area contributed by atoms with Gasteiger partial charge in [-0.25, -0.2) is 0 Å². The zero-order chi connectivity index (χ0) is 22.9. The normalized spacial score (nSPS) is 21.1. The molecule has 0 saturated carbocycles. The molecule has 30 heavy (non-hydrogen) atoms. The second kappa shape index (κ2) is 8.56. The number of hydrogen-bond donors (Lipinski definition) is 11. The summed E-state index contributed by atoms with van der Waals surface area (Å²) in [4.78, 5) is 11.4. The van der Waals surface area contributed by atoms with Gasteiger partial charge >= 0.3 is 6.48 Å². The van der Waals surface area contributed by atoms with Gasteiger partial charge in [-0.15, -0.1) is 0 Å². The average Bonchev–Trinajstić information content (AvgIpc) is 2.99. The summed E-state index contributed by atoms with van der Waals surface area (Å²) in [5, 5.41) is 96.7. The number of rotatable bonds is 9. The van der Waals surface area contributed by atoms with E-state index in [-0.39, 0.29) is 30.0 Å². The maximum Gasteiger partial charge on any atom is 0.310 e. The first kappa shape index (κ1) is 24.2. The Morgan fingerprint density at radius 1 is 1.03 bits per heavy atom. The summed E-state index contributed by atoms with van der Waals surface area (Å²) in [6.45, 7) is -3.55. The third kappa shape index (κ3) is 4.79. The Morgan fingerprint density at radius 3 is 2.17 bits per heavy atom. The topological polar surface area (TPSA) is 250 Å². The number of carbonyl (C=O) groups is 1. The number of carbonyl (C=O) groups excluding carboxylic acids is 1. The lowest BCUT2D eigenvalue weighted by atomic mass is 9.92. The SMILES string of the molecule is O=C1CC(O)(c2ccc(OC(O)O)c(OCC(O)C(O)(O)C(O)(O)C(O)O)c2)CN1. The number of ether oxygens (including phenoxy) is 2. The summed E-state index contributed by atoms with van der Waals surface area (Å²) < 4.78 is 9.79. The van der Waals surface area contributed by atoms with Gasteiger partial charge in [0.25, 0.3) is 11.6 Å². The van der Waals surface area contributed by atoms with Crippen LogP contribution in [-0.4, -0.2) is 101 Å². The Labute approximate surface area is 168 Å². The highest BCUT2D eigenvalue weighted by Crippen LogP contribution is 2.36. The monoisotopic (exact) mass is 437 g/mol. The summed E-state index contributed by atoms with van der Waals surface area (Å²) >= 11 is 0. The van der Waals surface area contributed by atoms with E-state index in [1.807, 2.05) is 0 Å². The molecule has 11 N–H and O–H groups in total. The van der Waals surface area contributed by atoms with E-state index in [9.17, 15) is 35.4 Å². The van der Waals surface area contributed by atoms with Gasteiger partial charge in [-0.05, 0) is 17.7 Å². The fourth-order valence-electron chi connectivity index (χ4n) is 2.68. The minimum atomic E-state index is -3.97. The number of amides is 1. The van der Waals surface area contributed by atoms with Crippen LogP contribution < -0.4 is 14.8 Å². The molecule has 1 fully saturated rings. The molecule has 170 valence electrons. The van der Waals surface area contributed by atoms with E-state index in [2.05, 4.69) is 10.1 Å². The molecule has 2 atom stereocenters. The first-order valence-electron chi connectivity index (χ1n) is 8.43. The predicted octanol–water partition coefficient (Wildman–Crippen LogP) is -5.55. The van der Waals surface area contributed by atoms with Crippen molar-refractivity contribution >= 4 is 5.91 Å². The number of aliphatic hydroxyl groups is 10. The van der Waals surface area contributed by atoms with Crippen molar-refractivity contribution in [3.05, 3.63) is 23.8 Å². The van der Waals surface area contributed by atoms with Gasteiger partial charge in [0, 0.05) is 0 Å². The molecular weight excluding hydrogens is 414 g/mol. The quantitative estimate of drug-likeness (QED) is 0.161. The predicted molar refractivity (Wildman–Crippen MR) is 90.9 cm³/mol. The minimum Gasteiger partial charge on any atom is -0.487 e. The fraction of sp³-hybridized carbons (Fsp3) is 0.562. The second-order valence-electron chi connectivity index (χ2n) is 6.74. The summed E-state index contributed by atoms with van der Waals surface area (Å²) in [5.74, 6) is -9.00. The lowest BCUT2D eigenvalue weighted by Crippen LogP contribution is -2.67. The highest BCUT2D eigenvalue weighted by atomic mass is 16.7. The highest BCUT2D eigenvalue weighted by Gasteiger charge is 2.57. The molecule has 2 unspecified atom stereocenters. The average molecular weight is 437 g/mol. The van der Waals surface area contributed by atoms with E-state index in [1.54, 1.807) is 0 Å². The van der Waals surface area contributed by atoms with Crippen LogP contribution in [0, 0.1) is 0 Å². The lowest BCUT2D eigenvalue weighted by molar-refractivity contribution is -0.433. The number of β-amino-alcohol motifs (C(OH)–C–C–N with tert-alkyl or cyclic N) is 1. The van der Waals surface area contributed by atoms with Crippen LogP contribution in [0.4, 0.5) is 0 Å². The smallest absolute Gasteiger partial charge is 0.310 e. The van der Waals surface area contributed by atoms with Crippen LogP contribution >= 0.6 is 0 Å². The van der Waals surface area contributed by atoms with Gasteiger partial charge in [-0.3, -0.25) is 4.79 Å². The van der Waals surface area contributed by atoms with Crippen molar-refractivity contribution in [1.29, 1.82) is 0 Å². The van der Waals surface area contributed by atoms with Gasteiger partial charge < -0.3 is 65.9 Å². The van der Waals surface area contributed by atoms with Gasteiger partial charge in [0.05, 0.1) is 13.0 Å². The largest absolute Gasteiger partial charge is 0.487 e. The van der Waals surface area contributed by atoms with E-state index in [0.717, 1.165) is 12.1 Å². The molecule has 1 aromatic carbocycles. The highest BCUT2D eigenvalue weighted by molar-refractivity contribution is 5.80. The Hall–Kier alpha value is -2.11. The van der Waals surface area contributed by atoms with Crippen LogP contribution in [0.3, 0.4) is 0 Å². The maximum absolute atomic E-state index is 11.4. The van der Waals surface area contributed by atoms with Gasteiger partial charge in [-0.2, -0.15) is 0 Å². The van der Waals surface area contributed by atoms with E-state index in [1.165, 1.54) is 6.07 Å². The van der Waals surface area contributed by atoms with Crippen LogP contribution in [0.5, 0.6) is 11.5 Å². The van der Waals surface area contributed by atoms with Gasteiger partial charge in [0.15, 0.2) is 11.5 Å². The minimum absolute atomic E-state index is 0.119. The first-order chi connectivity index (χ1) is 13.7. The van der Waals surface area contributed by atoms with Crippen LogP contribution in [0.2, 0.25) is 0 Å². The molecule has 0 aromatic heterocycles. The summed E-state index contributed by atoms with van der Waals surface area (Å²) in [7, 11) is 0. The zero-order valence-corrected chi connectivity index (χ0v) is 15.3. The Kier molecular flexibility index (Phi) is 6.89. The molecule has 0 spiro atoms. The third-order valence-corrected chi connectivity index (χ3v) is 4.51. The van der Waals surface area contributed by atoms with E-state index < -0.39 is 48.6 Å². The summed E-state index contributed by atoms with van der Waals surface area (Å²) in [5.41, 5.74) is -1.53. The van der Waals surface area contributed by atoms with Crippen LogP contribution in [-0.2, 0) is 10.4 Å². The number of nitrogens with one attached hydrogen (secondary N) is 1. The van der Waals surface area contributed by atoms with E-state index in [4.69, 9.17) is 25.2 Å². The zero-order valence-electron chi connectivity index (χ0n) is 15.3. The number of aliphatic hydroxyl groups excluding tert-OH is 3. The maximum atomic E-state index is 11.4. The van der Waals surface area contributed by atoms with Crippen molar-refractivity contribution in [3.8, 4) is 11.5 Å². The van der Waals surface area contributed by atoms with E-state index in [0.29, 0.717) is 0 Å². The molecule has 1 aromatic rings. The molecule has 1 saturated heterocycles. The van der Waals surface area contributed by atoms with Crippen molar-refractivity contribution in [3.63, 3.8) is 0 Å². The van der Waals surface area contributed by atoms with Gasteiger partial charge in [-0.1, -0.05) is 6.07 Å². The first-order valence-corrected chi connectivity index (χ1v) is 8.43. The Bertz CT molecular complexity index is 766. The van der Waals surface area contributed by atoms with Crippen molar-refractivity contribution < 1.29 is 65.3 Å². The molecule has 1 aliphatic heterocycles. The van der Waals surface area contributed by atoms with Crippen molar-refractivity contribution in [2.75, 3.05) is 13.2 Å². The van der Waals surface area contributed by atoms with E-state index >= 15 is 0 Å². The molecule has 0 aliphatic carbocycles. The number of benzene rings is 1. The van der Waals surface area contributed by atoms with Gasteiger partial charge in [0.1, 0.15) is 18.3 Å². The van der Waals surface area contributed by atoms with Gasteiger partial charge in [0.2, 0.25) is 12.2 Å². The lowest BCUT2D eigenvalue weighted by Gasteiger charge is -2.38. The molecule has 1 aliphatic rings. The third-order valence-electron chi connectivity index (χ3n) is 4.51. The molecular formula is C16H23NO13. The molecule has 2 rings (SSSR count). The molecule has 0 bridgehead atoms. The number of hydrogen-bond acceptors (Lipinski definition) is 13. The molecule has 1 heterocycles. The van der Waals surface area contributed by atoms with Crippen molar-refractivity contribution in [2.24, 2.45) is 0 Å². The van der Waals surface area contributed by atoms with Crippen molar-refractivity contribution in [1.82, 2.24) is 5.32 Å². The Balaban J connectivity index is 2.28. The molecule has 0 radical (unpaired) electrons. The van der Waals surface area contributed by atoms with Crippen LogP contribution in [0.1, 0.15) is 12.0 Å². The Morgan fingerprint density at radius 2 is 1.67 bits per heavy atom. The van der Waals surface area contributed by atoms with Crippen LogP contribution in [0.25, 0.3) is 0 Å². The van der Waals surface area contributed by atoms with Crippen LogP contribution in [0.15, 0.2) is 18.2 Å².